The van der Waals surface area contributed by atoms with Crippen LogP contribution in [0, 0.1) is 11.8 Å². The van der Waals surface area contributed by atoms with E-state index in [0.717, 1.165) is 44.8 Å². The molecule has 1 aliphatic carbocycles. The maximum absolute atomic E-state index is 5.87. The van der Waals surface area contributed by atoms with E-state index in [1.165, 1.54) is 25.7 Å². The standard InChI is InChI=1S/C13H25NO2/c1-2-14-13(12-3-4-12)10-16-9-11-5-7-15-8-6-11/h11-14H,2-10H2,1H3. The fourth-order valence-corrected chi connectivity index (χ4v) is 2.40. The van der Waals surface area contributed by atoms with Crippen molar-refractivity contribution in [2.24, 2.45) is 11.8 Å². The lowest BCUT2D eigenvalue weighted by Crippen LogP contribution is -2.36. The third-order valence-corrected chi connectivity index (χ3v) is 3.65. The Morgan fingerprint density at radius 2 is 2.00 bits per heavy atom. The Morgan fingerprint density at radius 3 is 2.62 bits per heavy atom. The summed E-state index contributed by atoms with van der Waals surface area (Å²) in [6, 6.07) is 0.602. The average molecular weight is 227 g/mol. The van der Waals surface area contributed by atoms with E-state index in [4.69, 9.17) is 9.47 Å². The zero-order chi connectivity index (χ0) is 11.2. The summed E-state index contributed by atoms with van der Waals surface area (Å²) in [7, 11) is 0. The molecule has 1 aliphatic heterocycles. The van der Waals surface area contributed by atoms with Gasteiger partial charge in [0.05, 0.1) is 6.61 Å². The zero-order valence-electron chi connectivity index (χ0n) is 10.4. The van der Waals surface area contributed by atoms with Crippen molar-refractivity contribution in [2.45, 2.75) is 38.6 Å². The zero-order valence-corrected chi connectivity index (χ0v) is 10.4. The number of hydrogen-bond acceptors (Lipinski definition) is 3. The highest BCUT2D eigenvalue weighted by molar-refractivity contribution is 4.86. The van der Waals surface area contributed by atoms with E-state index in [1.807, 2.05) is 0 Å². The maximum atomic E-state index is 5.87. The van der Waals surface area contributed by atoms with Gasteiger partial charge >= 0.3 is 0 Å². The molecule has 1 heterocycles. The van der Waals surface area contributed by atoms with E-state index >= 15 is 0 Å². The number of ether oxygens (including phenoxy) is 2. The first-order valence-electron chi connectivity index (χ1n) is 6.79. The highest BCUT2D eigenvalue weighted by atomic mass is 16.5. The van der Waals surface area contributed by atoms with Gasteiger partial charge in [0.15, 0.2) is 0 Å². The maximum Gasteiger partial charge on any atom is 0.0622 e. The van der Waals surface area contributed by atoms with Crippen molar-refractivity contribution in [1.82, 2.24) is 5.32 Å². The molecule has 1 saturated carbocycles. The molecule has 1 atom stereocenters. The molecule has 1 unspecified atom stereocenters. The molecule has 0 bridgehead atoms. The minimum absolute atomic E-state index is 0.602. The second kappa shape index (κ2) is 6.58. The normalized spacial score (nSPS) is 24.6. The van der Waals surface area contributed by atoms with Crippen molar-refractivity contribution in [3.8, 4) is 0 Å². The lowest BCUT2D eigenvalue weighted by Gasteiger charge is -2.23. The van der Waals surface area contributed by atoms with Crippen LogP contribution in [-0.2, 0) is 9.47 Å². The molecule has 1 saturated heterocycles. The fraction of sp³-hybridized carbons (Fsp3) is 1.00. The van der Waals surface area contributed by atoms with Gasteiger partial charge in [0.25, 0.3) is 0 Å². The third-order valence-electron chi connectivity index (χ3n) is 3.65. The van der Waals surface area contributed by atoms with Crippen LogP contribution in [-0.4, -0.2) is 39.0 Å². The summed E-state index contributed by atoms with van der Waals surface area (Å²) in [5, 5.41) is 3.53. The Labute approximate surface area is 98.9 Å². The van der Waals surface area contributed by atoms with E-state index in [0.29, 0.717) is 6.04 Å². The van der Waals surface area contributed by atoms with Crippen LogP contribution in [0.25, 0.3) is 0 Å². The summed E-state index contributed by atoms with van der Waals surface area (Å²) >= 11 is 0. The average Bonchev–Trinajstić information content (AvgIpc) is 3.13. The Bertz CT molecular complexity index is 188. The molecule has 0 spiro atoms. The van der Waals surface area contributed by atoms with Crippen LogP contribution in [0.15, 0.2) is 0 Å². The molecule has 2 aliphatic rings. The number of rotatable bonds is 7. The highest BCUT2D eigenvalue weighted by Crippen LogP contribution is 2.32. The number of nitrogens with one attached hydrogen (secondary N) is 1. The Hall–Kier alpha value is -0.120. The van der Waals surface area contributed by atoms with E-state index < -0.39 is 0 Å². The minimum atomic E-state index is 0.602. The SMILES string of the molecule is CCNC(COCC1CCOCC1)C1CC1. The Morgan fingerprint density at radius 1 is 1.25 bits per heavy atom. The van der Waals surface area contributed by atoms with Crippen LogP contribution in [0.2, 0.25) is 0 Å². The van der Waals surface area contributed by atoms with Crippen molar-refractivity contribution in [3.05, 3.63) is 0 Å². The summed E-state index contributed by atoms with van der Waals surface area (Å²) in [5.41, 5.74) is 0. The molecule has 3 heteroatoms. The van der Waals surface area contributed by atoms with E-state index in [1.54, 1.807) is 0 Å². The quantitative estimate of drug-likeness (QED) is 0.719. The monoisotopic (exact) mass is 227 g/mol. The largest absolute Gasteiger partial charge is 0.381 e. The van der Waals surface area contributed by atoms with Crippen LogP contribution < -0.4 is 5.32 Å². The van der Waals surface area contributed by atoms with Gasteiger partial charge in [0, 0.05) is 25.9 Å². The lowest BCUT2D eigenvalue weighted by atomic mass is 10.0. The number of hydrogen-bond donors (Lipinski definition) is 1. The van der Waals surface area contributed by atoms with Crippen molar-refractivity contribution in [3.63, 3.8) is 0 Å². The summed E-state index contributed by atoms with van der Waals surface area (Å²) in [5.74, 6) is 1.62. The summed E-state index contributed by atoms with van der Waals surface area (Å²) in [6.45, 7) is 6.91. The predicted octanol–water partition coefficient (Wildman–Crippen LogP) is 1.82. The van der Waals surface area contributed by atoms with Crippen molar-refractivity contribution in [2.75, 3.05) is 33.0 Å². The van der Waals surface area contributed by atoms with Crippen LogP contribution >= 0.6 is 0 Å². The molecule has 0 amide bonds. The molecule has 94 valence electrons. The molecular weight excluding hydrogens is 202 g/mol. The van der Waals surface area contributed by atoms with Crippen LogP contribution in [0.5, 0.6) is 0 Å². The lowest BCUT2D eigenvalue weighted by molar-refractivity contribution is 0.0139. The molecule has 0 aromatic heterocycles. The van der Waals surface area contributed by atoms with Crippen LogP contribution in [0.3, 0.4) is 0 Å². The third kappa shape index (κ3) is 4.04. The molecule has 2 rings (SSSR count). The van der Waals surface area contributed by atoms with Gasteiger partial charge in [0.2, 0.25) is 0 Å². The van der Waals surface area contributed by atoms with Crippen molar-refractivity contribution < 1.29 is 9.47 Å². The topological polar surface area (TPSA) is 30.5 Å². The van der Waals surface area contributed by atoms with Gasteiger partial charge in [-0.05, 0) is 44.1 Å². The van der Waals surface area contributed by atoms with Crippen molar-refractivity contribution >= 4 is 0 Å². The molecule has 16 heavy (non-hydrogen) atoms. The van der Waals surface area contributed by atoms with Crippen LogP contribution in [0.1, 0.15) is 32.6 Å². The van der Waals surface area contributed by atoms with E-state index in [-0.39, 0.29) is 0 Å². The van der Waals surface area contributed by atoms with Gasteiger partial charge in [0.1, 0.15) is 0 Å². The van der Waals surface area contributed by atoms with Gasteiger partial charge in [-0.15, -0.1) is 0 Å². The molecule has 0 radical (unpaired) electrons. The van der Waals surface area contributed by atoms with Gasteiger partial charge in [-0.25, -0.2) is 0 Å². The first-order chi connectivity index (χ1) is 7.90. The molecule has 0 aromatic carbocycles. The Kier molecular flexibility index (Phi) is 5.07. The van der Waals surface area contributed by atoms with Gasteiger partial charge in [-0.2, -0.15) is 0 Å². The summed E-state index contributed by atoms with van der Waals surface area (Å²) in [6.07, 6.45) is 5.13. The van der Waals surface area contributed by atoms with Gasteiger partial charge < -0.3 is 14.8 Å². The van der Waals surface area contributed by atoms with Crippen molar-refractivity contribution in [1.29, 1.82) is 0 Å². The first-order valence-corrected chi connectivity index (χ1v) is 6.79. The molecule has 0 aromatic rings. The Balaban J connectivity index is 1.57. The first kappa shape index (κ1) is 12.3. The van der Waals surface area contributed by atoms with Gasteiger partial charge in [-0.1, -0.05) is 6.92 Å². The molecule has 1 N–H and O–H groups in total. The second-order valence-corrected chi connectivity index (χ2v) is 5.09. The molecule has 3 nitrogen and oxygen atoms in total. The second-order valence-electron chi connectivity index (χ2n) is 5.09. The molecule has 2 fully saturated rings. The highest BCUT2D eigenvalue weighted by Gasteiger charge is 2.30. The summed E-state index contributed by atoms with van der Waals surface area (Å²) in [4.78, 5) is 0. The summed E-state index contributed by atoms with van der Waals surface area (Å²) < 4.78 is 11.2. The van der Waals surface area contributed by atoms with Crippen LogP contribution in [0.4, 0.5) is 0 Å². The van der Waals surface area contributed by atoms with E-state index in [2.05, 4.69) is 12.2 Å². The fourth-order valence-electron chi connectivity index (χ4n) is 2.40. The van der Waals surface area contributed by atoms with E-state index in [9.17, 15) is 0 Å². The molecular formula is C13H25NO2. The minimum Gasteiger partial charge on any atom is -0.381 e. The predicted molar refractivity (Wildman–Crippen MR) is 64.6 cm³/mol. The van der Waals surface area contributed by atoms with Gasteiger partial charge in [-0.3, -0.25) is 0 Å². The number of likely N-dealkylation sites (N-methyl/N-ethyl adjacent to an activating group) is 1. The smallest absolute Gasteiger partial charge is 0.0622 e.